The zero-order chi connectivity index (χ0) is 26.9. The fourth-order valence-electron chi connectivity index (χ4n) is 4.12. The van der Waals surface area contributed by atoms with E-state index in [9.17, 15) is 14.7 Å². The van der Waals surface area contributed by atoms with E-state index in [1.54, 1.807) is 48.9 Å². The number of methoxy groups -OCH3 is 1. The van der Waals surface area contributed by atoms with Crippen LogP contribution in [0.25, 0.3) is 10.9 Å². The van der Waals surface area contributed by atoms with Gasteiger partial charge in [-0.25, -0.2) is 9.18 Å². The molecule has 0 unspecified atom stereocenters. The van der Waals surface area contributed by atoms with Crippen LogP contribution >= 0.6 is 11.6 Å². The largest absolute Gasteiger partial charge is 0.497 e. The van der Waals surface area contributed by atoms with Crippen LogP contribution < -0.4 is 4.74 Å². The van der Waals surface area contributed by atoms with Gasteiger partial charge >= 0.3 is 5.97 Å². The quantitative estimate of drug-likeness (QED) is 0.256. The molecule has 0 spiro atoms. The van der Waals surface area contributed by atoms with Crippen molar-refractivity contribution >= 4 is 34.3 Å². The van der Waals surface area contributed by atoms with Gasteiger partial charge < -0.3 is 19.1 Å². The second kappa shape index (κ2) is 10.4. The first-order valence-electron chi connectivity index (χ1n) is 11.6. The zero-order valence-corrected chi connectivity index (χ0v) is 21.7. The molecule has 37 heavy (non-hydrogen) atoms. The van der Waals surface area contributed by atoms with E-state index in [4.69, 9.17) is 21.1 Å². The molecule has 0 radical (unpaired) electrons. The normalized spacial score (nSPS) is 11.6. The van der Waals surface area contributed by atoms with E-state index in [1.807, 2.05) is 24.3 Å². The summed E-state index contributed by atoms with van der Waals surface area (Å²) in [6.07, 6.45) is 0. The van der Waals surface area contributed by atoms with Gasteiger partial charge in [0, 0.05) is 23.2 Å². The van der Waals surface area contributed by atoms with Crippen molar-refractivity contribution in [3.8, 4) is 5.75 Å². The number of aliphatic carboxylic acids is 1. The number of ether oxygens (including phenoxy) is 2. The summed E-state index contributed by atoms with van der Waals surface area (Å²) in [6, 6.07) is 17.3. The van der Waals surface area contributed by atoms with Crippen LogP contribution in [0.1, 0.15) is 46.6 Å². The fourth-order valence-corrected chi connectivity index (χ4v) is 4.28. The van der Waals surface area contributed by atoms with Crippen molar-refractivity contribution in [1.29, 1.82) is 0 Å². The van der Waals surface area contributed by atoms with E-state index < -0.39 is 17.4 Å². The molecule has 0 aliphatic heterocycles. The van der Waals surface area contributed by atoms with Gasteiger partial charge in [0.15, 0.2) is 17.2 Å². The van der Waals surface area contributed by atoms with Gasteiger partial charge in [-0.15, -0.1) is 0 Å². The highest BCUT2D eigenvalue weighted by atomic mass is 35.5. The summed E-state index contributed by atoms with van der Waals surface area (Å²) in [7, 11) is 1.55. The molecular formula is C29H27ClFNO5. The molecule has 0 aliphatic carbocycles. The number of carboxylic acid groups (broad SMARTS) is 1. The summed E-state index contributed by atoms with van der Waals surface area (Å²) < 4.78 is 27.8. The second-order valence-corrected chi connectivity index (χ2v) is 9.69. The van der Waals surface area contributed by atoms with E-state index >= 15 is 4.39 Å². The average molecular weight is 524 g/mol. The molecule has 0 saturated carbocycles. The summed E-state index contributed by atoms with van der Waals surface area (Å²) in [5.74, 6) is -1.22. The minimum absolute atomic E-state index is 0.0248. The molecule has 8 heteroatoms. The van der Waals surface area contributed by atoms with Gasteiger partial charge in [0.2, 0.25) is 0 Å². The Morgan fingerprint density at radius 2 is 1.62 bits per heavy atom. The van der Waals surface area contributed by atoms with Crippen LogP contribution in [0.4, 0.5) is 4.39 Å². The van der Waals surface area contributed by atoms with Gasteiger partial charge in [-0.1, -0.05) is 41.9 Å². The van der Waals surface area contributed by atoms with Crippen molar-refractivity contribution in [2.24, 2.45) is 0 Å². The third-order valence-corrected chi connectivity index (χ3v) is 6.72. The van der Waals surface area contributed by atoms with E-state index in [0.717, 1.165) is 11.1 Å². The number of benzene rings is 3. The number of hydrogen-bond donors (Lipinski definition) is 1. The zero-order valence-electron chi connectivity index (χ0n) is 21.0. The molecular weight excluding hydrogens is 497 g/mol. The van der Waals surface area contributed by atoms with Crippen LogP contribution in [-0.4, -0.2) is 34.1 Å². The third-order valence-electron chi connectivity index (χ3n) is 6.43. The predicted octanol–water partition coefficient (Wildman–Crippen LogP) is 6.41. The number of carboxylic acids is 1. The summed E-state index contributed by atoms with van der Waals surface area (Å²) in [5, 5.41) is 9.68. The maximum Gasteiger partial charge on any atom is 0.335 e. The van der Waals surface area contributed by atoms with E-state index in [0.29, 0.717) is 34.5 Å². The van der Waals surface area contributed by atoms with Crippen molar-refractivity contribution in [1.82, 2.24) is 4.57 Å². The highest BCUT2D eigenvalue weighted by Gasteiger charge is 2.28. The average Bonchev–Trinajstić information content (AvgIpc) is 3.16. The lowest BCUT2D eigenvalue weighted by atomic mass is 10.0. The van der Waals surface area contributed by atoms with Crippen LogP contribution in [0.2, 0.25) is 5.02 Å². The van der Waals surface area contributed by atoms with Gasteiger partial charge in [-0.2, -0.15) is 0 Å². The van der Waals surface area contributed by atoms with Crippen molar-refractivity contribution in [3.05, 3.63) is 99.5 Å². The maximum absolute atomic E-state index is 15.3. The number of ketones is 1. The Bertz CT molecular complexity index is 1470. The van der Waals surface area contributed by atoms with Crippen LogP contribution in [0, 0.1) is 12.7 Å². The molecule has 0 amide bonds. The lowest BCUT2D eigenvalue weighted by Gasteiger charge is -2.20. The Morgan fingerprint density at radius 1 is 1.00 bits per heavy atom. The first-order chi connectivity index (χ1) is 17.5. The first kappa shape index (κ1) is 26.4. The fraction of sp³-hybridized carbons (Fsp3) is 0.241. The molecule has 6 nitrogen and oxygen atoms in total. The van der Waals surface area contributed by atoms with E-state index in [-0.39, 0.29) is 22.9 Å². The third kappa shape index (κ3) is 5.24. The summed E-state index contributed by atoms with van der Waals surface area (Å²) in [6.45, 7) is 5.22. The van der Waals surface area contributed by atoms with Crippen LogP contribution in [0.15, 0.2) is 60.7 Å². The summed E-state index contributed by atoms with van der Waals surface area (Å²) >= 11 is 6.13. The number of rotatable bonds is 9. The van der Waals surface area contributed by atoms with Crippen molar-refractivity contribution in [2.75, 3.05) is 7.11 Å². The van der Waals surface area contributed by atoms with Crippen molar-refractivity contribution in [3.63, 3.8) is 0 Å². The topological polar surface area (TPSA) is 77.8 Å². The van der Waals surface area contributed by atoms with Gasteiger partial charge in [0.05, 0.1) is 29.8 Å². The van der Waals surface area contributed by atoms with Gasteiger partial charge in [-0.05, 0) is 62.2 Å². The number of carbonyl (C=O) groups is 2. The molecule has 1 aromatic heterocycles. The standard InChI is InChI=1S/C29H27ClFNO5/c1-17-24(27(33)20-9-11-21(36-4)12-10-20)22-13-14-23(30)25(31)26(22)32(17)15-18-5-7-19(8-6-18)16-37-29(2,3)28(34)35/h5-14H,15-16H2,1-4H3,(H,34,35). The molecule has 4 rings (SSSR count). The second-order valence-electron chi connectivity index (χ2n) is 9.28. The molecule has 3 aromatic carbocycles. The lowest BCUT2D eigenvalue weighted by Crippen LogP contribution is -2.34. The number of hydrogen-bond acceptors (Lipinski definition) is 4. The molecule has 192 valence electrons. The minimum Gasteiger partial charge on any atom is -0.497 e. The summed E-state index contributed by atoms with van der Waals surface area (Å²) in [5.41, 5.74) is 2.12. The number of halogens is 2. The smallest absolute Gasteiger partial charge is 0.335 e. The first-order valence-corrected chi connectivity index (χ1v) is 12.0. The molecule has 0 atom stereocenters. The van der Waals surface area contributed by atoms with Crippen LogP contribution in [0.5, 0.6) is 5.75 Å². The molecule has 1 heterocycles. The van der Waals surface area contributed by atoms with Gasteiger partial charge in [-0.3, -0.25) is 4.79 Å². The van der Waals surface area contributed by atoms with E-state index in [1.165, 1.54) is 19.9 Å². The van der Waals surface area contributed by atoms with E-state index in [2.05, 4.69) is 0 Å². The Hall–Kier alpha value is -3.68. The minimum atomic E-state index is -1.30. The predicted molar refractivity (Wildman–Crippen MR) is 140 cm³/mol. The monoisotopic (exact) mass is 523 g/mol. The Labute approximate surface area is 219 Å². The van der Waals surface area contributed by atoms with Gasteiger partial charge in [0.1, 0.15) is 5.75 Å². The Morgan fingerprint density at radius 3 is 2.22 bits per heavy atom. The number of aromatic nitrogens is 1. The maximum atomic E-state index is 15.3. The highest BCUT2D eigenvalue weighted by molar-refractivity contribution is 6.31. The lowest BCUT2D eigenvalue weighted by molar-refractivity contribution is -0.162. The molecule has 0 aliphatic rings. The molecule has 0 fully saturated rings. The summed E-state index contributed by atoms with van der Waals surface area (Å²) in [4.78, 5) is 24.8. The number of nitrogens with zero attached hydrogens (tertiary/aromatic N) is 1. The van der Waals surface area contributed by atoms with Crippen LogP contribution in [0.3, 0.4) is 0 Å². The van der Waals surface area contributed by atoms with Crippen LogP contribution in [-0.2, 0) is 22.7 Å². The van der Waals surface area contributed by atoms with Crippen molar-refractivity contribution in [2.45, 2.75) is 39.5 Å². The van der Waals surface area contributed by atoms with Crippen molar-refractivity contribution < 1.29 is 28.6 Å². The molecule has 0 saturated heterocycles. The molecule has 4 aromatic rings. The SMILES string of the molecule is COc1ccc(C(=O)c2c(C)n(Cc3ccc(COC(C)(C)C(=O)O)cc3)c3c(F)c(Cl)ccc23)cc1. The Kier molecular flexibility index (Phi) is 7.39. The highest BCUT2D eigenvalue weighted by Crippen LogP contribution is 2.34. The van der Waals surface area contributed by atoms with Gasteiger partial charge in [0.25, 0.3) is 0 Å². The molecule has 1 N–H and O–H groups in total. The number of fused-ring (bicyclic) bond motifs is 1. The molecule has 0 bridgehead atoms. The Balaban J connectivity index is 1.69. The number of carbonyl (C=O) groups excluding carboxylic acids is 1.